The van der Waals surface area contributed by atoms with Gasteiger partial charge in [-0.05, 0) is 19.8 Å². The minimum Gasteiger partial charge on any atom is -0.376 e. The van der Waals surface area contributed by atoms with Crippen LogP contribution in [0.2, 0.25) is 0 Å². The van der Waals surface area contributed by atoms with Crippen LogP contribution >= 0.6 is 0 Å². The fourth-order valence-corrected chi connectivity index (χ4v) is 1.82. The minimum atomic E-state index is -0.207. The summed E-state index contributed by atoms with van der Waals surface area (Å²) in [6, 6.07) is 0. The highest BCUT2D eigenvalue weighted by atomic mass is 16.5. The lowest BCUT2D eigenvalue weighted by molar-refractivity contribution is 0.0853. The molecular formula is C12H18N4O2. The van der Waals surface area contributed by atoms with E-state index < -0.39 is 0 Å². The second-order valence-electron chi connectivity index (χ2n) is 4.16. The molecule has 0 radical (unpaired) electrons. The number of hydrogen-bond donors (Lipinski definition) is 2. The van der Waals surface area contributed by atoms with Gasteiger partial charge in [0.05, 0.1) is 18.5 Å². The molecule has 0 aromatic carbocycles. The molecule has 1 fully saturated rings. The van der Waals surface area contributed by atoms with E-state index in [4.69, 9.17) is 4.74 Å². The third-order valence-electron chi connectivity index (χ3n) is 2.76. The van der Waals surface area contributed by atoms with E-state index in [0.29, 0.717) is 18.1 Å². The molecule has 2 heterocycles. The van der Waals surface area contributed by atoms with Crippen molar-refractivity contribution in [3.63, 3.8) is 0 Å². The molecule has 6 heteroatoms. The van der Waals surface area contributed by atoms with Gasteiger partial charge < -0.3 is 15.4 Å². The van der Waals surface area contributed by atoms with Crippen molar-refractivity contribution in [3.8, 4) is 0 Å². The minimum absolute atomic E-state index is 0.142. The number of nitrogens with zero attached hydrogens (tertiary/aromatic N) is 2. The SMILES string of the molecule is CCNc1cnc(C(=O)NCC2CCCO2)cn1. The number of anilines is 1. The fraction of sp³-hybridized carbons (Fsp3) is 0.583. The molecule has 2 N–H and O–H groups in total. The van der Waals surface area contributed by atoms with Gasteiger partial charge in [-0.3, -0.25) is 4.79 Å². The van der Waals surface area contributed by atoms with E-state index in [-0.39, 0.29) is 12.0 Å². The van der Waals surface area contributed by atoms with Crippen LogP contribution in [0.3, 0.4) is 0 Å². The Hall–Kier alpha value is -1.69. The number of carbonyl (C=O) groups is 1. The highest BCUT2D eigenvalue weighted by Gasteiger charge is 2.17. The van der Waals surface area contributed by atoms with Crippen LogP contribution in [0.5, 0.6) is 0 Å². The Labute approximate surface area is 106 Å². The Bertz CT molecular complexity index is 388. The summed E-state index contributed by atoms with van der Waals surface area (Å²) in [5.41, 5.74) is 0.328. The summed E-state index contributed by atoms with van der Waals surface area (Å²) < 4.78 is 5.43. The molecule has 1 atom stereocenters. The number of aromatic nitrogens is 2. The Morgan fingerprint density at radius 1 is 1.50 bits per heavy atom. The molecule has 1 aromatic heterocycles. The molecule has 0 aliphatic carbocycles. The van der Waals surface area contributed by atoms with Crippen LogP contribution in [0.1, 0.15) is 30.3 Å². The molecule has 6 nitrogen and oxygen atoms in total. The van der Waals surface area contributed by atoms with Gasteiger partial charge in [0.2, 0.25) is 0 Å². The van der Waals surface area contributed by atoms with Crippen LogP contribution in [0.15, 0.2) is 12.4 Å². The summed E-state index contributed by atoms with van der Waals surface area (Å²) in [6.45, 7) is 4.08. The summed E-state index contributed by atoms with van der Waals surface area (Å²) >= 11 is 0. The lowest BCUT2D eigenvalue weighted by atomic mass is 10.2. The number of rotatable bonds is 5. The van der Waals surface area contributed by atoms with Crippen molar-refractivity contribution in [1.29, 1.82) is 0 Å². The zero-order valence-electron chi connectivity index (χ0n) is 10.5. The number of nitrogens with one attached hydrogen (secondary N) is 2. The van der Waals surface area contributed by atoms with Gasteiger partial charge in [-0.1, -0.05) is 0 Å². The predicted octanol–water partition coefficient (Wildman–Crippen LogP) is 0.817. The fourth-order valence-electron chi connectivity index (χ4n) is 1.82. The number of amides is 1. The van der Waals surface area contributed by atoms with Gasteiger partial charge in [-0.2, -0.15) is 0 Å². The first-order chi connectivity index (χ1) is 8.79. The Morgan fingerprint density at radius 3 is 3.00 bits per heavy atom. The molecule has 98 valence electrons. The highest BCUT2D eigenvalue weighted by molar-refractivity contribution is 5.92. The van der Waals surface area contributed by atoms with E-state index in [1.54, 1.807) is 6.20 Å². The van der Waals surface area contributed by atoms with Crippen molar-refractivity contribution >= 4 is 11.7 Å². The van der Waals surface area contributed by atoms with Crippen molar-refractivity contribution < 1.29 is 9.53 Å². The lowest BCUT2D eigenvalue weighted by Crippen LogP contribution is -2.32. The van der Waals surface area contributed by atoms with E-state index in [0.717, 1.165) is 26.0 Å². The summed E-state index contributed by atoms with van der Waals surface area (Å²) in [5.74, 6) is 0.467. The molecule has 1 saturated heterocycles. The van der Waals surface area contributed by atoms with E-state index in [2.05, 4.69) is 20.6 Å². The van der Waals surface area contributed by atoms with Gasteiger partial charge in [-0.15, -0.1) is 0 Å². The van der Waals surface area contributed by atoms with Crippen LogP contribution in [0.25, 0.3) is 0 Å². The van der Waals surface area contributed by atoms with Crippen molar-refractivity contribution in [2.24, 2.45) is 0 Å². The van der Waals surface area contributed by atoms with E-state index in [1.165, 1.54) is 6.20 Å². The first-order valence-corrected chi connectivity index (χ1v) is 6.25. The molecule has 0 saturated carbocycles. The maximum atomic E-state index is 11.8. The average molecular weight is 250 g/mol. The normalized spacial score (nSPS) is 18.6. The molecular weight excluding hydrogens is 232 g/mol. The molecule has 18 heavy (non-hydrogen) atoms. The molecule has 1 aliphatic heterocycles. The molecule has 2 rings (SSSR count). The molecule has 1 amide bonds. The van der Waals surface area contributed by atoms with Crippen LogP contribution < -0.4 is 10.6 Å². The molecule has 1 unspecified atom stereocenters. The van der Waals surface area contributed by atoms with Gasteiger partial charge in [0.25, 0.3) is 5.91 Å². The second kappa shape index (κ2) is 6.30. The third-order valence-corrected chi connectivity index (χ3v) is 2.76. The topological polar surface area (TPSA) is 76.1 Å². The monoisotopic (exact) mass is 250 g/mol. The standard InChI is InChI=1S/C12H18N4O2/c1-2-13-11-8-14-10(7-15-11)12(17)16-6-9-4-3-5-18-9/h7-9H,2-6H2,1H3,(H,13,15)(H,16,17). The molecule has 0 spiro atoms. The van der Waals surface area contributed by atoms with Gasteiger partial charge >= 0.3 is 0 Å². The van der Waals surface area contributed by atoms with E-state index in [1.807, 2.05) is 6.92 Å². The van der Waals surface area contributed by atoms with E-state index in [9.17, 15) is 4.79 Å². The maximum absolute atomic E-state index is 11.8. The van der Waals surface area contributed by atoms with Crippen LogP contribution in [0.4, 0.5) is 5.82 Å². The first-order valence-electron chi connectivity index (χ1n) is 6.25. The predicted molar refractivity (Wildman–Crippen MR) is 67.5 cm³/mol. The highest BCUT2D eigenvalue weighted by Crippen LogP contribution is 2.10. The van der Waals surface area contributed by atoms with Crippen LogP contribution in [0, 0.1) is 0 Å². The molecule has 1 aliphatic rings. The molecule has 1 aromatic rings. The maximum Gasteiger partial charge on any atom is 0.271 e. The smallest absolute Gasteiger partial charge is 0.271 e. The lowest BCUT2D eigenvalue weighted by Gasteiger charge is -2.10. The van der Waals surface area contributed by atoms with E-state index >= 15 is 0 Å². The zero-order valence-corrected chi connectivity index (χ0v) is 10.5. The van der Waals surface area contributed by atoms with Gasteiger partial charge in [0, 0.05) is 19.7 Å². The van der Waals surface area contributed by atoms with Crippen molar-refractivity contribution in [3.05, 3.63) is 18.1 Å². The van der Waals surface area contributed by atoms with Gasteiger partial charge in [0.1, 0.15) is 11.5 Å². The average Bonchev–Trinajstić information content (AvgIpc) is 2.90. The van der Waals surface area contributed by atoms with Crippen LogP contribution in [-0.4, -0.2) is 41.7 Å². The Morgan fingerprint density at radius 2 is 2.39 bits per heavy atom. The Kier molecular flexibility index (Phi) is 4.46. The summed E-state index contributed by atoms with van der Waals surface area (Å²) in [5, 5.41) is 5.83. The summed E-state index contributed by atoms with van der Waals surface area (Å²) in [4.78, 5) is 19.9. The van der Waals surface area contributed by atoms with Gasteiger partial charge in [-0.25, -0.2) is 9.97 Å². The third kappa shape index (κ3) is 3.40. The summed E-state index contributed by atoms with van der Waals surface area (Å²) in [7, 11) is 0. The first kappa shape index (κ1) is 12.8. The van der Waals surface area contributed by atoms with Crippen molar-refractivity contribution in [2.75, 3.05) is 25.0 Å². The van der Waals surface area contributed by atoms with Gasteiger partial charge in [0.15, 0.2) is 0 Å². The second-order valence-corrected chi connectivity index (χ2v) is 4.16. The van der Waals surface area contributed by atoms with Crippen molar-refractivity contribution in [1.82, 2.24) is 15.3 Å². The summed E-state index contributed by atoms with van der Waals surface area (Å²) in [6.07, 6.45) is 5.25. The van der Waals surface area contributed by atoms with Crippen LogP contribution in [-0.2, 0) is 4.74 Å². The number of hydrogen-bond acceptors (Lipinski definition) is 5. The largest absolute Gasteiger partial charge is 0.376 e. The Balaban J connectivity index is 1.83. The number of ether oxygens (including phenoxy) is 1. The van der Waals surface area contributed by atoms with Crippen molar-refractivity contribution in [2.45, 2.75) is 25.9 Å². The number of carbonyl (C=O) groups excluding carboxylic acids is 1. The molecule has 0 bridgehead atoms. The zero-order chi connectivity index (χ0) is 12.8. The quantitative estimate of drug-likeness (QED) is 0.809.